The lowest BCUT2D eigenvalue weighted by Crippen LogP contribution is -2.30. The van der Waals surface area contributed by atoms with Crippen molar-refractivity contribution in [2.45, 2.75) is 38.4 Å². The molecule has 1 amide bonds. The molecule has 1 aliphatic rings. The minimum absolute atomic E-state index is 0.164. The number of anilines is 1. The molecule has 1 saturated carbocycles. The molecule has 0 bridgehead atoms. The molecule has 0 aliphatic heterocycles. The van der Waals surface area contributed by atoms with Gasteiger partial charge in [-0.15, -0.1) is 0 Å². The summed E-state index contributed by atoms with van der Waals surface area (Å²) in [4.78, 5) is 10.9. The first kappa shape index (κ1) is 15.8. The molecule has 0 atom stereocenters. The van der Waals surface area contributed by atoms with Crippen LogP contribution in [0.2, 0.25) is 0 Å². The van der Waals surface area contributed by atoms with Gasteiger partial charge in [-0.2, -0.15) is 13.2 Å². The number of hydrogen-bond acceptors (Lipinski definition) is 2. The number of hydrogen-bond donors (Lipinski definition) is 2. The van der Waals surface area contributed by atoms with E-state index in [1.165, 1.54) is 31.7 Å². The van der Waals surface area contributed by atoms with Crippen molar-refractivity contribution in [2.24, 2.45) is 5.92 Å². The zero-order valence-corrected chi connectivity index (χ0v) is 11.7. The van der Waals surface area contributed by atoms with Gasteiger partial charge in [-0.1, -0.05) is 25.0 Å². The van der Waals surface area contributed by atoms with Gasteiger partial charge in [0, 0.05) is 12.2 Å². The van der Waals surface area contributed by atoms with Crippen LogP contribution in [0.1, 0.15) is 31.2 Å². The molecule has 0 unspecified atom stereocenters. The Morgan fingerprint density at radius 3 is 2.62 bits per heavy atom. The fraction of sp³-hybridized carbons (Fsp3) is 0.533. The first-order valence-electron chi connectivity index (χ1n) is 7.13. The molecule has 116 valence electrons. The highest BCUT2D eigenvalue weighted by Crippen LogP contribution is 2.24. The van der Waals surface area contributed by atoms with Crippen molar-refractivity contribution >= 4 is 11.6 Å². The number of carbonyl (C=O) groups excluding carboxylic acids is 1. The quantitative estimate of drug-likeness (QED) is 0.874. The van der Waals surface area contributed by atoms with E-state index < -0.39 is 12.1 Å². The van der Waals surface area contributed by atoms with Gasteiger partial charge < -0.3 is 10.6 Å². The summed E-state index contributed by atoms with van der Waals surface area (Å²) >= 11 is 0. The summed E-state index contributed by atoms with van der Waals surface area (Å²) in [6.07, 6.45) is 0.191. The summed E-state index contributed by atoms with van der Waals surface area (Å²) in [7, 11) is 0. The van der Waals surface area contributed by atoms with Crippen LogP contribution in [0.5, 0.6) is 0 Å². The van der Waals surface area contributed by atoms with Crippen molar-refractivity contribution in [3.05, 3.63) is 29.8 Å². The van der Waals surface area contributed by atoms with Gasteiger partial charge in [-0.05, 0) is 43.0 Å². The van der Waals surface area contributed by atoms with Gasteiger partial charge in [0.2, 0.25) is 0 Å². The van der Waals surface area contributed by atoms with Crippen LogP contribution in [0, 0.1) is 5.92 Å². The highest BCUT2D eigenvalue weighted by atomic mass is 19.4. The summed E-state index contributed by atoms with van der Waals surface area (Å²) < 4.78 is 36.6. The second-order valence-electron chi connectivity index (χ2n) is 5.43. The molecule has 0 heterocycles. The molecule has 0 radical (unpaired) electrons. The molecular formula is C15H19F3N2O. The summed E-state index contributed by atoms with van der Waals surface area (Å²) in [5, 5.41) is 5.18. The highest BCUT2D eigenvalue weighted by Gasteiger charge is 2.38. The average Bonchev–Trinajstić information content (AvgIpc) is 2.91. The molecule has 1 aromatic rings. The second kappa shape index (κ2) is 6.93. The van der Waals surface area contributed by atoms with Crippen molar-refractivity contribution in [3.8, 4) is 0 Å². The Labute approximate surface area is 121 Å². The van der Waals surface area contributed by atoms with E-state index in [9.17, 15) is 18.0 Å². The number of amides is 1. The Morgan fingerprint density at radius 1 is 1.24 bits per heavy atom. The van der Waals surface area contributed by atoms with E-state index in [4.69, 9.17) is 0 Å². The minimum atomic E-state index is -4.86. The van der Waals surface area contributed by atoms with Crippen molar-refractivity contribution < 1.29 is 18.0 Å². The maximum absolute atomic E-state index is 12.2. The number of nitrogens with one attached hydrogen (secondary N) is 2. The monoisotopic (exact) mass is 300 g/mol. The number of alkyl halides is 3. The third-order valence-electron chi connectivity index (χ3n) is 3.68. The third-order valence-corrected chi connectivity index (χ3v) is 3.68. The minimum Gasteiger partial charge on any atom is -0.318 e. The van der Waals surface area contributed by atoms with Crippen LogP contribution in [0.25, 0.3) is 0 Å². The summed E-state index contributed by atoms with van der Waals surface area (Å²) in [5.41, 5.74) is 1.02. The van der Waals surface area contributed by atoms with Gasteiger partial charge in [-0.25, -0.2) is 0 Å². The van der Waals surface area contributed by atoms with Crippen molar-refractivity contribution in [3.63, 3.8) is 0 Å². The van der Waals surface area contributed by atoms with Gasteiger partial charge in [0.1, 0.15) is 0 Å². The average molecular weight is 300 g/mol. The van der Waals surface area contributed by atoms with Crippen molar-refractivity contribution in [1.29, 1.82) is 0 Å². The van der Waals surface area contributed by atoms with Crippen molar-refractivity contribution in [1.82, 2.24) is 5.32 Å². The van der Waals surface area contributed by atoms with Crippen LogP contribution in [0.3, 0.4) is 0 Å². The lowest BCUT2D eigenvalue weighted by atomic mass is 10.1. The molecule has 1 aliphatic carbocycles. The first-order valence-corrected chi connectivity index (χ1v) is 7.13. The third kappa shape index (κ3) is 5.04. The van der Waals surface area contributed by atoms with E-state index in [-0.39, 0.29) is 5.69 Å². The van der Waals surface area contributed by atoms with Crippen LogP contribution in [-0.4, -0.2) is 18.6 Å². The van der Waals surface area contributed by atoms with E-state index in [2.05, 4.69) is 5.32 Å². The Kier molecular flexibility index (Phi) is 5.22. The van der Waals surface area contributed by atoms with Gasteiger partial charge >= 0.3 is 12.1 Å². The molecule has 2 N–H and O–H groups in total. The zero-order chi connectivity index (χ0) is 15.3. The second-order valence-corrected chi connectivity index (χ2v) is 5.43. The normalized spacial score (nSPS) is 16.1. The van der Waals surface area contributed by atoms with Gasteiger partial charge in [0.15, 0.2) is 0 Å². The fourth-order valence-corrected chi connectivity index (χ4v) is 2.60. The molecule has 3 nitrogen and oxygen atoms in total. The van der Waals surface area contributed by atoms with Crippen LogP contribution < -0.4 is 10.6 Å². The van der Waals surface area contributed by atoms with Crippen LogP contribution in [0.4, 0.5) is 18.9 Å². The topological polar surface area (TPSA) is 41.1 Å². The van der Waals surface area contributed by atoms with E-state index in [1.807, 2.05) is 11.4 Å². The summed E-state index contributed by atoms with van der Waals surface area (Å²) in [6.45, 7) is 1.52. The molecule has 6 heteroatoms. The van der Waals surface area contributed by atoms with Gasteiger partial charge in [0.05, 0.1) is 0 Å². The Hall–Kier alpha value is -1.56. The smallest absolute Gasteiger partial charge is 0.318 e. The first-order chi connectivity index (χ1) is 9.95. The molecule has 0 saturated heterocycles. The Morgan fingerprint density at radius 2 is 1.95 bits per heavy atom. The molecular weight excluding hydrogens is 281 g/mol. The standard InChI is InChI=1S/C15H19F3N2O/c16-15(17,18)14(21)20-13-7-3-6-12(8-13)10-19-9-11-4-1-2-5-11/h3,6-8,11,19H,1-2,4-5,9-10H2,(H,20,21). The Balaban J connectivity index is 1.84. The van der Waals surface area contributed by atoms with Crippen molar-refractivity contribution in [2.75, 3.05) is 11.9 Å². The van der Waals surface area contributed by atoms with E-state index >= 15 is 0 Å². The number of benzene rings is 1. The number of rotatable bonds is 5. The fourth-order valence-electron chi connectivity index (χ4n) is 2.60. The van der Waals surface area contributed by atoms with E-state index in [1.54, 1.807) is 12.1 Å². The largest absolute Gasteiger partial charge is 0.471 e. The zero-order valence-electron chi connectivity index (χ0n) is 11.7. The number of carbonyl (C=O) groups is 1. The maximum atomic E-state index is 12.2. The SMILES string of the molecule is O=C(Nc1cccc(CNCC2CCCC2)c1)C(F)(F)F. The molecule has 1 aromatic carbocycles. The Bertz CT molecular complexity index is 482. The molecule has 0 spiro atoms. The molecule has 0 aromatic heterocycles. The van der Waals surface area contributed by atoms with Gasteiger partial charge in [0.25, 0.3) is 0 Å². The number of halogens is 3. The van der Waals surface area contributed by atoms with Crippen LogP contribution >= 0.6 is 0 Å². The highest BCUT2D eigenvalue weighted by molar-refractivity contribution is 5.94. The van der Waals surface area contributed by atoms with E-state index in [0.29, 0.717) is 12.5 Å². The molecule has 2 rings (SSSR count). The summed E-state index contributed by atoms with van der Waals surface area (Å²) in [6, 6.07) is 6.47. The molecule has 1 fully saturated rings. The predicted octanol–water partition coefficient (Wildman–Crippen LogP) is 3.47. The molecule has 21 heavy (non-hydrogen) atoms. The lowest BCUT2D eigenvalue weighted by molar-refractivity contribution is -0.167. The van der Waals surface area contributed by atoms with E-state index in [0.717, 1.165) is 12.1 Å². The summed E-state index contributed by atoms with van der Waals surface area (Å²) in [5.74, 6) is -1.24. The van der Waals surface area contributed by atoms with Crippen LogP contribution in [-0.2, 0) is 11.3 Å². The van der Waals surface area contributed by atoms with Gasteiger partial charge in [-0.3, -0.25) is 4.79 Å². The predicted molar refractivity (Wildman–Crippen MR) is 74.8 cm³/mol. The maximum Gasteiger partial charge on any atom is 0.471 e. The lowest BCUT2D eigenvalue weighted by Gasteiger charge is -2.12. The van der Waals surface area contributed by atoms with Crippen LogP contribution in [0.15, 0.2) is 24.3 Å².